The number of aryl methyl sites for hydroxylation is 1. The fourth-order valence-electron chi connectivity index (χ4n) is 1.55. The first-order chi connectivity index (χ1) is 10.5. The molecule has 1 aromatic carbocycles. The summed E-state index contributed by atoms with van der Waals surface area (Å²) < 4.78 is 10.2. The van der Waals surface area contributed by atoms with E-state index in [1.807, 2.05) is 0 Å². The summed E-state index contributed by atoms with van der Waals surface area (Å²) in [6.07, 6.45) is 0. The van der Waals surface area contributed by atoms with Crippen molar-refractivity contribution in [3.8, 4) is 5.75 Å². The zero-order chi connectivity index (χ0) is 16.1. The van der Waals surface area contributed by atoms with Crippen LogP contribution in [0.4, 0.5) is 11.4 Å². The second-order valence-corrected chi connectivity index (χ2v) is 4.99. The molecular weight excluding hydrogens is 312 g/mol. The second kappa shape index (κ2) is 6.89. The van der Waals surface area contributed by atoms with Gasteiger partial charge >= 0.3 is 0 Å². The lowest BCUT2D eigenvalue weighted by atomic mass is 10.2. The van der Waals surface area contributed by atoms with E-state index in [0.717, 1.165) is 11.8 Å². The molecule has 0 saturated carbocycles. The normalized spacial score (nSPS) is 10.3. The number of ether oxygens (including phenoxy) is 1. The molecule has 0 atom stereocenters. The summed E-state index contributed by atoms with van der Waals surface area (Å²) in [6, 6.07) is 3.94. The highest BCUT2D eigenvalue weighted by molar-refractivity contribution is 7.99. The van der Waals surface area contributed by atoms with Gasteiger partial charge in [0.25, 0.3) is 10.9 Å². The van der Waals surface area contributed by atoms with Crippen LogP contribution in [0, 0.1) is 17.0 Å². The lowest BCUT2D eigenvalue weighted by Gasteiger charge is -2.09. The zero-order valence-corrected chi connectivity index (χ0v) is 12.5. The molecule has 10 heteroatoms. The maximum Gasteiger partial charge on any atom is 0.277 e. The van der Waals surface area contributed by atoms with Crippen molar-refractivity contribution < 1.29 is 18.9 Å². The number of nitrogens with one attached hydrogen (secondary N) is 1. The summed E-state index contributed by atoms with van der Waals surface area (Å²) in [5.41, 5.74) is 0.228. The maximum atomic E-state index is 11.9. The molecule has 1 heterocycles. The molecule has 0 bridgehead atoms. The number of carbonyl (C=O) groups is 1. The van der Waals surface area contributed by atoms with Gasteiger partial charge in [0.1, 0.15) is 5.75 Å². The molecule has 0 unspecified atom stereocenters. The molecule has 0 aliphatic heterocycles. The number of aromatic nitrogens is 2. The van der Waals surface area contributed by atoms with Crippen LogP contribution in [0.5, 0.6) is 5.75 Å². The van der Waals surface area contributed by atoms with Crippen molar-refractivity contribution >= 4 is 29.0 Å². The van der Waals surface area contributed by atoms with Crippen LogP contribution >= 0.6 is 11.8 Å². The summed E-state index contributed by atoms with van der Waals surface area (Å²) in [6.45, 7) is 1.65. The number of hydrogen-bond donors (Lipinski definition) is 1. The largest absolute Gasteiger partial charge is 0.494 e. The number of methoxy groups -OCH3 is 1. The number of anilines is 1. The van der Waals surface area contributed by atoms with E-state index < -0.39 is 4.92 Å². The molecule has 0 fully saturated rings. The smallest absolute Gasteiger partial charge is 0.277 e. The van der Waals surface area contributed by atoms with E-state index in [0.29, 0.717) is 16.8 Å². The quantitative estimate of drug-likeness (QED) is 0.487. The molecule has 2 rings (SSSR count). The Kier molecular flexibility index (Phi) is 4.94. The molecule has 0 radical (unpaired) electrons. The van der Waals surface area contributed by atoms with Gasteiger partial charge < -0.3 is 14.5 Å². The molecule has 0 aliphatic rings. The minimum Gasteiger partial charge on any atom is -0.494 e. The van der Waals surface area contributed by atoms with Crippen LogP contribution in [0.3, 0.4) is 0 Å². The maximum absolute atomic E-state index is 11.9. The highest BCUT2D eigenvalue weighted by Gasteiger charge is 2.14. The Balaban J connectivity index is 2.00. The molecular formula is C12H12N4O5S. The predicted octanol–water partition coefficient (Wildman–Crippen LogP) is 2.03. The Hall–Kier alpha value is -2.62. The van der Waals surface area contributed by atoms with E-state index in [1.165, 1.54) is 25.3 Å². The molecule has 116 valence electrons. The molecule has 22 heavy (non-hydrogen) atoms. The van der Waals surface area contributed by atoms with Gasteiger partial charge in [0, 0.05) is 13.0 Å². The van der Waals surface area contributed by atoms with Crippen molar-refractivity contribution in [3.05, 3.63) is 34.2 Å². The van der Waals surface area contributed by atoms with Crippen molar-refractivity contribution in [2.75, 3.05) is 18.2 Å². The Labute approximate surface area is 129 Å². The Morgan fingerprint density at radius 3 is 2.86 bits per heavy atom. The monoisotopic (exact) mass is 324 g/mol. The van der Waals surface area contributed by atoms with Crippen molar-refractivity contribution in [1.29, 1.82) is 0 Å². The van der Waals surface area contributed by atoms with E-state index in [4.69, 9.17) is 9.15 Å². The van der Waals surface area contributed by atoms with Crippen molar-refractivity contribution in [1.82, 2.24) is 10.2 Å². The Bertz CT molecular complexity index is 703. The lowest BCUT2D eigenvalue weighted by molar-refractivity contribution is -0.384. The zero-order valence-electron chi connectivity index (χ0n) is 11.7. The fraction of sp³-hybridized carbons (Fsp3) is 0.250. The summed E-state index contributed by atoms with van der Waals surface area (Å²) >= 11 is 1.09. The van der Waals surface area contributed by atoms with Crippen molar-refractivity contribution in [2.45, 2.75) is 12.1 Å². The number of carbonyl (C=O) groups excluding carboxylic acids is 1. The van der Waals surface area contributed by atoms with E-state index >= 15 is 0 Å². The van der Waals surface area contributed by atoms with Crippen LogP contribution in [0.1, 0.15) is 5.89 Å². The van der Waals surface area contributed by atoms with Gasteiger partial charge in [-0.1, -0.05) is 11.8 Å². The number of hydrogen-bond acceptors (Lipinski definition) is 8. The number of amides is 1. The van der Waals surface area contributed by atoms with E-state index in [2.05, 4.69) is 15.5 Å². The summed E-state index contributed by atoms with van der Waals surface area (Å²) in [7, 11) is 1.37. The number of non-ortho nitro benzene ring substituents is 1. The van der Waals surface area contributed by atoms with Gasteiger partial charge in [-0.15, -0.1) is 10.2 Å². The van der Waals surface area contributed by atoms with Gasteiger partial charge in [-0.25, -0.2) is 0 Å². The number of rotatable bonds is 6. The minimum atomic E-state index is -0.540. The summed E-state index contributed by atoms with van der Waals surface area (Å²) in [5.74, 6) is 0.357. The molecule has 2 aromatic rings. The third kappa shape index (κ3) is 3.95. The molecule has 1 amide bonds. The molecule has 1 aromatic heterocycles. The highest BCUT2D eigenvalue weighted by Crippen LogP contribution is 2.29. The van der Waals surface area contributed by atoms with Gasteiger partial charge in [-0.3, -0.25) is 14.9 Å². The Morgan fingerprint density at radius 1 is 1.50 bits per heavy atom. The van der Waals surface area contributed by atoms with Gasteiger partial charge in [0.2, 0.25) is 11.8 Å². The van der Waals surface area contributed by atoms with Gasteiger partial charge in [0.15, 0.2) is 0 Å². The standard InChI is InChI=1S/C12H12N4O5S/c1-7-14-15-12(21-7)22-6-11(17)13-9-4-3-8(16(18)19)5-10(9)20-2/h3-5H,6H2,1-2H3,(H,13,17). The summed E-state index contributed by atoms with van der Waals surface area (Å²) in [5, 5.41) is 21.0. The molecule has 9 nitrogen and oxygen atoms in total. The van der Waals surface area contributed by atoms with Crippen LogP contribution in [-0.2, 0) is 4.79 Å². The van der Waals surface area contributed by atoms with Gasteiger partial charge in [-0.2, -0.15) is 0 Å². The molecule has 0 aliphatic carbocycles. The van der Waals surface area contributed by atoms with Gasteiger partial charge in [0.05, 0.1) is 29.5 Å². The van der Waals surface area contributed by atoms with Crippen molar-refractivity contribution in [2.24, 2.45) is 0 Å². The number of nitro groups is 1. The lowest BCUT2D eigenvalue weighted by Crippen LogP contribution is -2.14. The second-order valence-electron chi connectivity index (χ2n) is 4.07. The minimum absolute atomic E-state index is 0.0573. The van der Waals surface area contributed by atoms with Crippen LogP contribution in [0.15, 0.2) is 27.8 Å². The predicted molar refractivity (Wildman–Crippen MR) is 78.0 cm³/mol. The van der Waals surface area contributed by atoms with Crippen molar-refractivity contribution in [3.63, 3.8) is 0 Å². The number of nitro benzene ring substituents is 1. The van der Waals surface area contributed by atoms with E-state index in [9.17, 15) is 14.9 Å². The average Bonchev–Trinajstić information content (AvgIpc) is 2.91. The van der Waals surface area contributed by atoms with Gasteiger partial charge in [-0.05, 0) is 6.07 Å². The molecule has 0 spiro atoms. The van der Waals surface area contributed by atoms with Crippen LogP contribution in [0.25, 0.3) is 0 Å². The third-order valence-electron chi connectivity index (χ3n) is 2.50. The van der Waals surface area contributed by atoms with E-state index in [1.54, 1.807) is 6.92 Å². The highest BCUT2D eigenvalue weighted by atomic mass is 32.2. The first kappa shape index (κ1) is 15.8. The number of thioether (sulfide) groups is 1. The van der Waals surface area contributed by atoms with Crippen LogP contribution in [0.2, 0.25) is 0 Å². The average molecular weight is 324 g/mol. The number of benzene rings is 1. The van der Waals surface area contributed by atoms with Crippen LogP contribution < -0.4 is 10.1 Å². The van der Waals surface area contributed by atoms with Crippen LogP contribution in [-0.4, -0.2) is 33.9 Å². The molecule has 0 saturated heterocycles. The first-order valence-electron chi connectivity index (χ1n) is 6.05. The number of nitrogens with zero attached hydrogens (tertiary/aromatic N) is 3. The topological polar surface area (TPSA) is 120 Å². The first-order valence-corrected chi connectivity index (χ1v) is 7.03. The Morgan fingerprint density at radius 2 is 2.27 bits per heavy atom. The summed E-state index contributed by atoms with van der Waals surface area (Å²) in [4.78, 5) is 22.0. The third-order valence-corrected chi connectivity index (χ3v) is 3.32. The SMILES string of the molecule is COc1cc([N+](=O)[O-])ccc1NC(=O)CSc1nnc(C)o1. The van der Waals surface area contributed by atoms with E-state index in [-0.39, 0.29) is 23.1 Å². The fourth-order valence-corrected chi connectivity index (χ4v) is 2.15. The molecule has 1 N–H and O–H groups in total.